The van der Waals surface area contributed by atoms with Gasteiger partial charge in [-0.15, -0.1) is 0 Å². The predicted molar refractivity (Wildman–Crippen MR) is 50.8 cm³/mol. The molecule has 0 saturated heterocycles. The summed E-state index contributed by atoms with van der Waals surface area (Å²) in [6.45, 7) is 0. The normalized spacial score (nSPS) is 9.38. The van der Waals surface area contributed by atoms with Crippen LogP contribution in [0.3, 0.4) is 0 Å². The first kappa shape index (κ1) is 8.78. The topological polar surface area (TPSA) is 0 Å². The van der Waals surface area contributed by atoms with Crippen LogP contribution in [0.5, 0.6) is 0 Å². The molecule has 0 fully saturated rings. The number of hydrogen-bond acceptors (Lipinski definition) is 0. The summed E-state index contributed by atoms with van der Waals surface area (Å²) in [5.74, 6) is 3.14. The van der Waals surface area contributed by atoms with Gasteiger partial charge >= 0.3 is 94.3 Å². The third kappa shape index (κ3) is 1.92. The van der Waals surface area contributed by atoms with Crippen molar-refractivity contribution in [3.63, 3.8) is 0 Å². The molecule has 0 unspecified atom stereocenters. The number of rotatable bonds is 0. The van der Waals surface area contributed by atoms with Gasteiger partial charge in [0.25, 0.3) is 0 Å². The van der Waals surface area contributed by atoms with Crippen LogP contribution >= 0.6 is 0 Å². The van der Waals surface area contributed by atoms with E-state index in [9.17, 15) is 0 Å². The van der Waals surface area contributed by atoms with Crippen molar-refractivity contribution in [2.24, 2.45) is 0 Å². The first-order valence-corrected chi connectivity index (χ1v) is 6.92. The van der Waals surface area contributed by atoms with Crippen LogP contribution < -0.4 is 0 Å². The molecule has 13 heavy (non-hydrogen) atoms. The Bertz CT molecular complexity index is 489. The fourth-order valence-corrected chi connectivity index (χ4v) is 2.16. The summed E-state index contributed by atoms with van der Waals surface area (Å²) >= 11 is 0.578. The van der Waals surface area contributed by atoms with Crippen LogP contribution in [0.2, 0.25) is 0 Å². The van der Waals surface area contributed by atoms with Gasteiger partial charge in [-0.05, 0) is 0 Å². The van der Waals surface area contributed by atoms with Gasteiger partial charge in [-0.3, -0.25) is 0 Å². The Kier molecular flexibility index (Phi) is 2.66. The Hall–Kier alpha value is -0.805. The Balaban J connectivity index is 2.66. The van der Waals surface area contributed by atoms with E-state index in [0.717, 1.165) is 5.56 Å². The zero-order valence-electron chi connectivity index (χ0n) is 7.25. The molecule has 0 aromatic heterocycles. The zero-order valence-corrected chi connectivity index (χ0v) is 12.7. The quantitative estimate of drug-likeness (QED) is 0.506. The number of hydrogen-bond donors (Lipinski definition) is 0. The molecule has 2 rings (SSSR count). The molecule has 0 aliphatic rings. The molecule has 0 heterocycles. The molecule has 0 saturated carbocycles. The fourth-order valence-electron chi connectivity index (χ4n) is 1.37. The molecule has 1 heteroatoms. The maximum atomic E-state index is 3.14. The number of benzene rings is 2. The van der Waals surface area contributed by atoms with Crippen molar-refractivity contribution in [3.05, 3.63) is 48.0 Å². The first-order valence-electron chi connectivity index (χ1n) is 4.17. The molecule has 2 aromatic rings. The van der Waals surface area contributed by atoms with Crippen molar-refractivity contribution in [2.45, 2.75) is 0 Å². The summed E-state index contributed by atoms with van der Waals surface area (Å²) in [6, 6.07) is 14.7. The van der Waals surface area contributed by atoms with Gasteiger partial charge in [0.15, 0.2) is 0 Å². The molecule has 0 radical (unpaired) electrons. The molecule has 57 valence electrons. The number of fused-ring (bicyclic) bond motifs is 1. The van der Waals surface area contributed by atoms with Crippen molar-refractivity contribution in [1.82, 2.24) is 0 Å². The van der Waals surface area contributed by atoms with Crippen LogP contribution in [-0.4, -0.2) is 0 Å². The Labute approximate surface area is 93.9 Å². The summed E-state index contributed by atoms with van der Waals surface area (Å²) in [5, 5.41) is 2.56. The van der Waals surface area contributed by atoms with Gasteiger partial charge in [0.2, 0.25) is 0 Å². The average molecular weight is 352 g/mol. The van der Waals surface area contributed by atoms with Crippen molar-refractivity contribution in [2.75, 3.05) is 0 Å². The van der Waals surface area contributed by atoms with Crippen molar-refractivity contribution in [1.29, 1.82) is 0 Å². The van der Waals surface area contributed by atoms with Gasteiger partial charge in [-0.1, -0.05) is 0 Å². The predicted octanol–water partition coefficient (Wildman–Crippen LogP) is 2.70. The molecular formula is C12H7Hg. The first-order chi connectivity index (χ1) is 6.40. The van der Waals surface area contributed by atoms with Crippen molar-refractivity contribution < 1.29 is 26.1 Å². The van der Waals surface area contributed by atoms with E-state index in [1.54, 1.807) is 0 Å². The van der Waals surface area contributed by atoms with E-state index < -0.39 is 0 Å². The molecule has 0 N–H and O–H groups in total. The minimum absolute atomic E-state index is 0.578. The molecular weight excluding hydrogens is 345 g/mol. The van der Waals surface area contributed by atoms with E-state index in [1.165, 1.54) is 10.8 Å². The van der Waals surface area contributed by atoms with Crippen LogP contribution in [0.15, 0.2) is 42.5 Å². The molecule has 0 spiro atoms. The van der Waals surface area contributed by atoms with Gasteiger partial charge in [0.05, 0.1) is 0 Å². The third-order valence-corrected chi connectivity index (χ3v) is 2.67. The average Bonchev–Trinajstić information content (AvgIpc) is 2.18. The van der Waals surface area contributed by atoms with E-state index >= 15 is 0 Å². The van der Waals surface area contributed by atoms with Crippen LogP contribution in [0.1, 0.15) is 5.56 Å². The molecule has 0 aliphatic heterocycles. The van der Waals surface area contributed by atoms with E-state index in [-0.39, 0.29) is 0 Å². The van der Waals surface area contributed by atoms with E-state index in [2.05, 4.69) is 51.8 Å². The summed E-state index contributed by atoms with van der Waals surface area (Å²) < 4.78 is 3.09. The summed E-state index contributed by atoms with van der Waals surface area (Å²) in [5.41, 5.74) is 1.13. The second-order valence-electron chi connectivity index (χ2n) is 2.86. The van der Waals surface area contributed by atoms with Gasteiger partial charge in [0, 0.05) is 0 Å². The van der Waals surface area contributed by atoms with Crippen molar-refractivity contribution >= 4 is 10.8 Å². The summed E-state index contributed by atoms with van der Waals surface area (Å²) in [4.78, 5) is 0. The summed E-state index contributed by atoms with van der Waals surface area (Å²) in [6.07, 6.45) is 0. The maximum absolute atomic E-state index is 3.14. The summed E-state index contributed by atoms with van der Waals surface area (Å²) in [7, 11) is 0. The second-order valence-corrected chi connectivity index (χ2v) is 4.24. The molecule has 2 aromatic carbocycles. The zero-order chi connectivity index (χ0) is 9.10. The molecule has 0 atom stereocenters. The standard InChI is InChI=1S/C12H7.Hg/c1-2-10-7-8-11-5-3-4-6-12(11)9-10;/h3-9H;. The minimum atomic E-state index is 0.578. The van der Waals surface area contributed by atoms with Crippen LogP contribution in [0.25, 0.3) is 10.8 Å². The van der Waals surface area contributed by atoms with Gasteiger partial charge in [-0.25, -0.2) is 0 Å². The van der Waals surface area contributed by atoms with Crippen LogP contribution in [0, 0.1) is 9.35 Å². The molecule has 0 bridgehead atoms. The SMILES string of the molecule is [Hg][C]#Cc1ccc2ccccc2c1. The van der Waals surface area contributed by atoms with Gasteiger partial charge < -0.3 is 0 Å². The Morgan fingerprint density at radius 1 is 0.923 bits per heavy atom. The third-order valence-electron chi connectivity index (χ3n) is 1.98. The second kappa shape index (κ2) is 3.94. The molecule has 0 amide bonds. The molecule has 0 aliphatic carbocycles. The van der Waals surface area contributed by atoms with E-state index in [1.807, 2.05) is 0 Å². The van der Waals surface area contributed by atoms with Crippen molar-refractivity contribution in [3.8, 4) is 9.35 Å². The molecule has 0 nitrogen and oxygen atoms in total. The van der Waals surface area contributed by atoms with E-state index in [4.69, 9.17) is 0 Å². The monoisotopic (exact) mass is 353 g/mol. The Morgan fingerprint density at radius 3 is 2.46 bits per heavy atom. The van der Waals surface area contributed by atoms with Crippen LogP contribution in [-0.2, 0) is 26.1 Å². The van der Waals surface area contributed by atoms with Crippen LogP contribution in [0.4, 0.5) is 0 Å². The Morgan fingerprint density at radius 2 is 1.69 bits per heavy atom. The fraction of sp³-hybridized carbons (Fsp3) is 0. The van der Waals surface area contributed by atoms with Gasteiger partial charge in [-0.2, -0.15) is 0 Å². The van der Waals surface area contributed by atoms with Gasteiger partial charge in [0.1, 0.15) is 0 Å². The van der Waals surface area contributed by atoms with E-state index in [0.29, 0.717) is 26.1 Å².